The van der Waals surface area contributed by atoms with E-state index in [1.807, 2.05) is 0 Å². The first-order valence-electron chi connectivity index (χ1n) is 7.12. The summed E-state index contributed by atoms with van der Waals surface area (Å²) in [5, 5.41) is 9.61. The van der Waals surface area contributed by atoms with Crippen LogP contribution in [-0.4, -0.2) is 27.1 Å². The summed E-state index contributed by atoms with van der Waals surface area (Å²) in [4.78, 5) is 16.3. The van der Waals surface area contributed by atoms with Crippen LogP contribution in [0.5, 0.6) is 0 Å². The van der Waals surface area contributed by atoms with Crippen LogP contribution in [0.2, 0.25) is 0 Å². The molecule has 2 aromatic rings. The Hall–Kier alpha value is -3.29. The molecule has 0 radical (unpaired) electrons. The standard InChI is InChI=1S/C16H11F2N5O/c17-14(18)13-7-12(9-1-2-9)22-15-11(8-20-23(13)15)16(24)21-10-3-5-19-6-4-10/h1-8,14,22H,(H,19,21,24). The number of nitrogens with zero attached hydrogens (tertiary/aromatic N) is 3. The van der Waals surface area contributed by atoms with E-state index in [0.29, 0.717) is 11.4 Å². The molecular formula is C16H11F2N5O. The Balaban J connectivity index is 1.70. The lowest BCUT2D eigenvalue weighted by Crippen LogP contribution is -2.20. The normalized spacial score (nSPS) is 15.0. The van der Waals surface area contributed by atoms with Crippen LogP contribution in [0.25, 0.3) is 5.70 Å². The van der Waals surface area contributed by atoms with Gasteiger partial charge in [-0.25, -0.2) is 13.5 Å². The molecule has 0 saturated heterocycles. The summed E-state index contributed by atoms with van der Waals surface area (Å²) in [7, 11) is 0. The molecule has 24 heavy (non-hydrogen) atoms. The molecule has 0 unspecified atom stereocenters. The Bertz CT molecular complexity index is 904. The van der Waals surface area contributed by atoms with Crippen LogP contribution in [0.1, 0.15) is 10.4 Å². The highest BCUT2D eigenvalue weighted by Crippen LogP contribution is 2.34. The third-order valence-corrected chi connectivity index (χ3v) is 3.61. The van der Waals surface area contributed by atoms with E-state index in [-0.39, 0.29) is 17.1 Å². The van der Waals surface area contributed by atoms with Crippen LogP contribution < -0.4 is 10.6 Å². The number of hydrogen-bond acceptors (Lipinski definition) is 4. The van der Waals surface area contributed by atoms with E-state index in [9.17, 15) is 13.6 Å². The average Bonchev–Trinajstić information content (AvgIpc) is 3.34. The first-order valence-corrected chi connectivity index (χ1v) is 7.12. The molecule has 120 valence electrons. The van der Waals surface area contributed by atoms with Gasteiger partial charge in [0.05, 0.1) is 6.20 Å². The van der Waals surface area contributed by atoms with Gasteiger partial charge >= 0.3 is 0 Å². The smallest absolute Gasteiger partial charge is 0.280 e. The minimum atomic E-state index is -2.71. The molecule has 0 spiro atoms. The predicted octanol–water partition coefficient (Wildman–Crippen LogP) is 2.89. The zero-order valence-electron chi connectivity index (χ0n) is 12.2. The highest BCUT2D eigenvalue weighted by Gasteiger charge is 2.28. The second kappa shape index (κ2) is 5.41. The average molecular weight is 327 g/mol. The minimum Gasteiger partial charge on any atom is -0.339 e. The van der Waals surface area contributed by atoms with E-state index in [1.165, 1.54) is 12.3 Å². The second-order valence-corrected chi connectivity index (χ2v) is 5.21. The summed E-state index contributed by atoms with van der Waals surface area (Å²) >= 11 is 0. The van der Waals surface area contributed by atoms with Gasteiger partial charge < -0.3 is 10.6 Å². The molecule has 1 aliphatic carbocycles. The number of aromatic nitrogens is 3. The van der Waals surface area contributed by atoms with Gasteiger partial charge in [0.1, 0.15) is 17.1 Å². The number of halogens is 2. The molecule has 3 heterocycles. The van der Waals surface area contributed by atoms with Crippen LogP contribution in [0, 0.1) is 0 Å². The van der Waals surface area contributed by atoms with Crippen molar-refractivity contribution in [3.63, 3.8) is 0 Å². The molecule has 2 aromatic heterocycles. The summed E-state index contributed by atoms with van der Waals surface area (Å²) in [6.45, 7) is 0. The molecule has 2 aliphatic rings. The number of allylic oxidation sites excluding steroid dienone is 5. The predicted molar refractivity (Wildman–Crippen MR) is 84.5 cm³/mol. The van der Waals surface area contributed by atoms with E-state index in [1.54, 1.807) is 36.7 Å². The maximum atomic E-state index is 13.3. The fraction of sp³-hybridized carbons (Fsp3) is 0.0625. The van der Waals surface area contributed by atoms with E-state index in [4.69, 9.17) is 0 Å². The SMILES string of the molecule is O=C(Nc1ccncc1)c1cnn2c1NC(=C1C=C1)C=C2C(F)F. The molecule has 8 heteroatoms. The quantitative estimate of drug-likeness (QED) is 0.909. The monoisotopic (exact) mass is 327 g/mol. The number of fused-ring (bicyclic) bond motifs is 1. The minimum absolute atomic E-state index is 0.178. The lowest BCUT2D eigenvalue weighted by atomic mass is 10.2. The van der Waals surface area contributed by atoms with Crippen molar-refractivity contribution in [3.05, 3.63) is 65.8 Å². The van der Waals surface area contributed by atoms with Crippen molar-refractivity contribution in [1.82, 2.24) is 14.8 Å². The van der Waals surface area contributed by atoms with Crippen molar-refractivity contribution in [2.75, 3.05) is 10.6 Å². The van der Waals surface area contributed by atoms with Gasteiger partial charge in [-0.15, -0.1) is 0 Å². The number of carbonyl (C=O) groups excluding carboxylic acids is 1. The number of amides is 1. The van der Waals surface area contributed by atoms with Gasteiger partial charge in [0.15, 0.2) is 0 Å². The molecule has 0 aromatic carbocycles. The molecule has 1 amide bonds. The van der Waals surface area contributed by atoms with E-state index < -0.39 is 12.3 Å². The van der Waals surface area contributed by atoms with Crippen molar-refractivity contribution in [2.45, 2.75) is 6.43 Å². The molecular weight excluding hydrogens is 316 g/mol. The zero-order chi connectivity index (χ0) is 16.7. The van der Waals surface area contributed by atoms with Crippen LogP contribution in [-0.2, 0) is 0 Å². The number of pyridine rings is 1. The third-order valence-electron chi connectivity index (χ3n) is 3.61. The molecule has 1 aliphatic heterocycles. The van der Waals surface area contributed by atoms with Crippen molar-refractivity contribution in [2.24, 2.45) is 0 Å². The van der Waals surface area contributed by atoms with Crippen LogP contribution in [0.15, 0.2) is 60.2 Å². The van der Waals surface area contributed by atoms with Gasteiger partial charge in [-0.05, 0) is 23.8 Å². The molecule has 0 atom stereocenters. The Morgan fingerprint density at radius 3 is 2.67 bits per heavy atom. The van der Waals surface area contributed by atoms with Crippen molar-refractivity contribution in [3.8, 4) is 0 Å². The summed E-state index contributed by atoms with van der Waals surface area (Å²) in [6, 6.07) is 3.26. The van der Waals surface area contributed by atoms with E-state index >= 15 is 0 Å². The first-order chi connectivity index (χ1) is 11.6. The number of carbonyl (C=O) groups is 1. The number of anilines is 2. The van der Waals surface area contributed by atoms with Gasteiger partial charge in [0.25, 0.3) is 12.3 Å². The summed E-state index contributed by atoms with van der Waals surface area (Å²) in [5.41, 5.74) is 1.80. The Kier molecular flexibility index (Phi) is 3.23. The number of rotatable bonds is 3. The molecule has 0 saturated carbocycles. The second-order valence-electron chi connectivity index (χ2n) is 5.21. The van der Waals surface area contributed by atoms with Crippen molar-refractivity contribution in [1.29, 1.82) is 0 Å². The van der Waals surface area contributed by atoms with Gasteiger partial charge in [-0.2, -0.15) is 5.10 Å². The van der Waals surface area contributed by atoms with Gasteiger partial charge in [0, 0.05) is 23.8 Å². The summed E-state index contributed by atoms with van der Waals surface area (Å²) < 4.78 is 27.7. The maximum Gasteiger partial charge on any atom is 0.280 e. The lowest BCUT2D eigenvalue weighted by molar-refractivity contribution is 0.102. The zero-order valence-corrected chi connectivity index (χ0v) is 12.2. The highest BCUT2D eigenvalue weighted by molar-refractivity contribution is 6.08. The number of nitrogens with one attached hydrogen (secondary N) is 2. The van der Waals surface area contributed by atoms with Crippen LogP contribution in [0.4, 0.5) is 20.3 Å². The Morgan fingerprint density at radius 1 is 1.25 bits per heavy atom. The number of hydrogen-bond donors (Lipinski definition) is 2. The largest absolute Gasteiger partial charge is 0.339 e. The third kappa shape index (κ3) is 2.47. The maximum absolute atomic E-state index is 13.3. The Morgan fingerprint density at radius 2 is 2.00 bits per heavy atom. The Labute approximate surface area is 135 Å². The fourth-order valence-electron chi connectivity index (χ4n) is 2.37. The fourth-order valence-corrected chi connectivity index (χ4v) is 2.37. The molecule has 0 bridgehead atoms. The van der Waals surface area contributed by atoms with E-state index in [2.05, 4.69) is 20.7 Å². The lowest BCUT2D eigenvalue weighted by Gasteiger charge is -2.20. The van der Waals surface area contributed by atoms with Gasteiger partial charge in [0.2, 0.25) is 0 Å². The van der Waals surface area contributed by atoms with Crippen molar-refractivity contribution < 1.29 is 13.6 Å². The first kappa shape index (κ1) is 14.3. The van der Waals surface area contributed by atoms with E-state index in [0.717, 1.165) is 10.3 Å². The van der Waals surface area contributed by atoms with Crippen molar-refractivity contribution >= 4 is 23.1 Å². The van der Waals surface area contributed by atoms with Crippen LogP contribution >= 0.6 is 0 Å². The summed E-state index contributed by atoms with van der Waals surface area (Å²) in [6.07, 6.45) is 6.57. The molecule has 4 rings (SSSR count). The highest BCUT2D eigenvalue weighted by atomic mass is 19.3. The molecule has 0 fully saturated rings. The van der Waals surface area contributed by atoms with Gasteiger partial charge in [-0.3, -0.25) is 9.78 Å². The van der Waals surface area contributed by atoms with Gasteiger partial charge in [-0.1, -0.05) is 12.2 Å². The molecule has 6 nitrogen and oxygen atoms in total. The molecule has 2 N–H and O–H groups in total. The van der Waals surface area contributed by atoms with Crippen LogP contribution in [0.3, 0.4) is 0 Å². The summed E-state index contributed by atoms with van der Waals surface area (Å²) in [5.74, 6) is -0.228. The topological polar surface area (TPSA) is 71.8 Å². The number of alkyl halides is 2.